The monoisotopic (exact) mass is 171 g/mol. The lowest BCUT2D eigenvalue weighted by atomic mass is 9.77. The van der Waals surface area contributed by atoms with Crippen molar-refractivity contribution in [1.29, 1.82) is 0 Å². The van der Waals surface area contributed by atoms with Crippen molar-refractivity contribution in [3.05, 3.63) is 0 Å². The fourth-order valence-electron chi connectivity index (χ4n) is 1.81. The van der Waals surface area contributed by atoms with Crippen LogP contribution in [0.25, 0.3) is 0 Å². The van der Waals surface area contributed by atoms with Gasteiger partial charge in [-0.1, -0.05) is 27.7 Å². The summed E-state index contributed by atoms with van der Waals surface area (Å²) in [4.78, 5) is 2.48. The Bertz CT molecular complexity index is 127. The highest BCUT2D eigenvalue weighted by Crippen LogP contribution is 2.37. The Morgan fingerprint density at radius 3 is 1.75 bits per heavy atom. The number of hydrogen-bond donors (Lipinski definition) is 0. The molecule has 1 atom stereocenters. The van der Waals surface area contributed by atoms with Gasteiger partial charge in [-0.3, -0.25) is 4.90 Å². The van der Waals surface area contributed by atoms with Crippen molar-refractivity contribution in [2.24, 2.45) is 5.92 Å². The van der Waals surface area contributed by atoms with Crippen LogP contribution in [0.2, 0.25) is 0 Å². The molecule has 1 aliphatic heterocycles. The van der Waals surface area contributed by atoms with Crippen LogP contribution in [-0.4, -0.2) is 23.5 Å². The van der Waals surface area contributed by atoms with E-state index in [1.54, 1.807) is 0 Å². The van der Waals surface area contributed by atoms with Crippen molar-refractivity contribution in [2.75, 3.05) is 7.05 Å². The molecule has 1 nitrogen and oxygen atoms in total. The molecule has 12 heavy (non-hydrogen) atoms. The predicted octanol–water partition coefficient (Wildman–Crippen LogP) is 3.15. The number of nitrogens with zero attached hydrogens (tertiary/aromatic N) is 1. The summed E-state index contributed by atoms with van der Waals surface area (Å²) in [5.74, 6) is 0.818. The van der Waals surface area contributed by atoms with E-state index in [0.717, 1.165) is 12.0 Å². The normalized spacial score (nSPS) is 27.5. The van der Waals surface area contributed by atoms with Gasteiger partial charge in [0.25, 0.3) is 0 Å². The maximum absolute atomic E-state index is 2.48. The fraction of sp³-hybridized carbons (Fsp3) is 1.00. The van der Waals surface area contributed by atoms with E-state index < -0.39 is 0 Å². The van der Waals surface area contributed by atoms with Crippen LogP contribution in [0.3, 0.4) is 0 Å². The second-order valence-corrected chi connectivity index (χ2v) is 4.44. The van der Waals surface area contributed by atoms with Gasteiger partial charge in [-0.2, -0.15) is 0 Å². The molecule has 0 bridgehead atoms. The summed E-state index contributed by atoms with van der Waals surface area (Å²) >= 11 is 0. The lowest BCUT2D eigenvalue weighted by Crippen LogP contribution is -2.62. The van der Waals surface area contributed by atoms with E-state index in [1.165, 1.54) is 6.42 Å². The van der Waals surface area contributed by atoms with Crippen molar-refractivity contribution in [2.45, 2.75) is 59.5 Å². The van der Waals surface area contributed by atoms with Crippen molar-refractivity contribution < 1.29 is 0 Å². The molecule has 0 spiro atoms. The van der Waals surface area contributed by atoms with E-state index in [-0.39, 0.29) is 0 Å². The van der Waals surface area contributed by atoms with Crippen LogP contribution < -0.4 is 0 Å². The van der Waals surface area contributed by atoms with E-state index in [1.807, 2.05) is 13.8 Å². The van der Waals surface area contributed by atoms with Crippen LogP contribution in [0.4, 0.5) is 0 Å². The SMILES string of the molecule is CC.CC(C)[C@@H]1CC(C)(C)N1C. The van der Waals surface area contributed by atoms with Crippen LogP contribution >= 0.6 is 0 Å². The topological polar surface area (TPSA) is 3.24 Å². The maximum Gasteiger partial charge on any atom is 0.0168 e. The zero-order chi connectivity index (χ0) is 9.94. The van der Waals surface area contributed by atoms with Gasteiger partial charge >= 0.3 is 0 Å². The summed E-state index contributed by atoms with van der Waals surface area (Å²) in [5, 5.41) is 0. The highest BCUT2D eigenvalue weighted by Gasteiger charge is 2.42. The summed E-state index contributed by atoms with van der Waals surface area (Å²) in [5.41, 5.74) is 0.467. The summed E-state index contributed by atoms with van der Waals surface area (Å²) in [6.45, 7) is 13.2. The maximum atomic E-state index is 2.48. The van der Waals surface area contributed by atoms with Crippen molar-refractivity contribution in [3.63, 3.8) is 0 Å². The van der Waals surface area contributed by atoms with Gasteiger partial charge in [0, 0.05) is 11.6 Å². The Kier molecular flexibility index (Phi) is 4.25. The average molecular weight is 171 g/mol. The second-order valence-electron chi connectivity index (χ2n) is 4.44. The molecule has 0 N–H and O–H groups in total. The molecule has 0 aromatic carbocycles. The van der Waals surface area contributed by atoms with E-state index in [4.69, 9.17) is 0 Å². The quantitative estimate of drug-likeness (QED) is 0.586. The highest BCUT2D eigenvalue weighted by atomic mass is 15.3. The predicted molar refractivity (Wildman–Crippen MR) is 56.4 cm³/mol. The zero-order valence-corrected chi connectivity index (χ0v) is 9.81. The molecule has 0 unspecified atom stereocenters. The van der Waals surface area contributed by atoms with Gasteiger partial charge in [0.1, 0.15) is 0 Å². The number of rotatable bonds is 1. The Labute approximate surface area is 78.1 Å². The van der Waals surface area contributed by atoms with E-state index in [0.29, 0.717) is 5.54 Å². The molecule has 1 saturated heterocycles. The third-order valence-corrected chi connectivity index (χ3v) is 2.93. The van der Waals surface area contributed by atoms with E-state index in [2.05, 4.69) is 39.6 Å². The third kappa shape index (κ3) is 2.22. The van der Waals surface area contributed by atoms with E-state index >= 15 is 0 Å². The summed E-state index contributed by atoms with van der Waals surface area (Å²) in [6, 6.07) is 0.829. The van der Waals surface area contributed by atoms with Crippen LogP contribution in [0.1, 0.15) is 48.0 Å². The average Bonchev–Trinajstić information content (AvgIpc) is 2.03. The van der Waals surface area contributed by atoms with Crippen LogP contribution in [0.5, 0.6) is 0 Å². The Balaban J connectivity index is 0.000000561. The molecule has 74 valence electrons. The highest BCUT2D eigenvalue weighted by molar-refractivity contribution is 4.99. The molecule has 1 heteroatoms. The Hall–Kier alpha value is -0.0400. The summed E-state index contributed by atoms with van der Waals surface area (Å²) in [7, 11) is 2.23. The lowest BCUT2D eigenvalue weighted by Gasteiger charge is -2.55. The summed E-state index contributed by atoms with van der Waals surface area (Å²) in [6.07, 6.45) is 1.36. The zero-order valence-electron chi connectivity index (χ0n) is 9.81. The minimum Gasteiger partial charge on any atom is -0.298 e. The molecular formula is C11H25N. The first-order valence-electron chi connectivity index (χ1n) is 5.18. The molecule has 1 fully saturated rings. The van der Waals surface area contributed by atoms with Crippen molar-refractivity contribution >= 4 is 0 Å². The number of hydrogen-bond acceptors (Lipinski definition) is 1. The Morgan fingerprint density at radius 2 is 1.67 bits per heavy atom. The lowest BCUT2D eigenvalue weighted by molar-refractivity contribution is -0.0478. The van der Waals surface area contributed by atoms with Crippen molar-refractivity contribution in [1.82, 2.24) is 4.90 Å². The van der Waals surface area contributed by atoms with Crippen LogP contribution in [0, 0.1) is 5.92 Å². The number of likely N-dealkylation sites (tertiary alicyclic amines) is 1. The molecule has 0 aliphatic carbocycles. The molecule has 0 amide bonds. The van der Waals surface area contributed by atoms with Gasteiger partial charge in [-0.15, -0.1) is 0 Å². The van der Waals surface area contributed by atoms with Gasteiger partial charge < -0.3 is 0 Å². The molecule has 0 saturated carbocycles. The van der Waals surface area contributed by atoms with Gasteiger partial charge in [0.05, 0.1) is 0 Å². The van der Waals surface area contributed by atoms with Gasteiger partial charge in [-0.05, 0) is 33.2 Å². The second kappa shape index (κ2) is 4.27. The molecule has 1 rings (SSSR count). The van der Waals surface area contributed by atoms with Gasteiger partial charge in [0.15, 0.2) is 0 Å². The largest absolute Gasteiger partial charge is 0.298 e. The van der Waals surface area contributed by atoms with Gasteiger partial charge in [0.2, 0.25) is 0 Å². The fourth-order valence-corrected chi connectivity index (χ4v) is 1.81. The minimum absolute atomic E-state index is 0.467. The van der Waals surface area contributed by atoms with E-state index in [9.17, 15) is 0 Å². The standard InChI is InChI=1S/C9H19N.C2H6/c1-7(2)8-6-9(3,4)10(8)5;1-2/h7-8H,6H2,1-5H3;1-2H3/t8-;/m0./s1. The van der Waals surface area contributed by atoms with Crippen LogP contribution in [-0.2, 0) is 0 Å². The molecule has 0 aromatic rings. The third-order valence-electron chi connectivity index (χ3n) is 2.93. The first-order chi connectivity index (χ1) is 5.45. The molecule has 0 aromatic heterocycles. The first-order valence-corrected chi connectivity index (χ1v) is 5.18. The smallest absolute Gasteiger partial charge is 0.0168 e. The van der Waals surface area contributed by atoms with Gasteiger partial charge in [-0.25, -0.2) is 0 Å². The summed E-state index contributed by atoms with van der Waals surface area (Å²) < 4.78 is 0. The van der Waals surface area contributed by atoms with Crippen LogP contribution in [0.15, 0.2) is 0 Å². The molecular weight excluding hydrogens is 146 g/mol. The van der Waals surface area contributed by atoms with Crippen molar-refractivity contribution in [3.8, 4) is 0 Å². The Morgan fingerprint density at radius 1 is 1.25 bits per heavy atom. The molecule has 1 heterocycles. The molecule has 0 radical (unpaired) electrons. The molecule has 1 aliphatic rings. The minimum atomic E-state index is 0.467. The first kappa shape index (κ1) is 12.0.